The maximum atomic E-state index is 11.8. The van der Waals surface area contributed by atoms with Crippen LogP contribution in [0.1, 0.15) is 10.5 Å². The van der Waals surface area contributed by atoms with Gasteiger partial charge in [0.1, 0.15) is 11.5 Å². The molecule has 0 aliphatic rings. The average molecular weight is 265 g/mol. The highest BCUT2D eigenvalue weighted by Crippen LogP contribution is 2.10. The van der Waals surface area contributed by atoms with Crippen LogP contribution >= 0.6 is 11.6 Å². The number of rotatable bonds is 3. The minimum atomic E-state index is -0.416. The van der Waals surface area contributed by atoms with E-state index in [-0.39, 0.29) is 5.69 Å². The summed E-state index contributed by atoms with van der Waals surface area (Å²) in [6, 6.07) is 3.21. The van der Waals surface area contributed by atoms with E-state index in [9.17, 15) is 4.79 Å². The largest absolute Gasteiger partial charge is 0.307 e. The Hall–Kier alpha value is -2.25. The summed E-state index contributed by atoms with van der Waals surface area (Å²) in [5, 5.41) is 3.05. The predicted octanol–water partition coefficient (Wildman–Crippen LogP) is 1.06. The highest BCUT2D eigenvalue weighted by Gasteiger charge is 2.08. The highest BCUT2D eigenvalue weighted by molar-refractivity contribution is 6.30. The van der Waals surface area contributed by atoms with Crippen molar-refractivity contribution in [2.75, 3.05) is 10.7 Å². The Morgan fingerprint density at radius 3 is 2.44 bits per heavy atom. The fourth-order valence-electron chi connectivity index (χ4n) is 1.15. The second-order valence-corrected chi connectivity index (χ2v) is 3.68. The first-order valence-electron chi connectivity index (χ1n) is 4.90. The topological polar surface area (TPSA) is 106 Å². The molecule has 0 aromatic carbocycles. The summed E-state index contributed by atoms with van der Waals surface area (Å²) < 4.78 is 0. The molecule has 2 aromatic heterocycles. The van der Waals surface area contributed by atoms with Crippen molar-refractivity contribution in [3.63, 3.8) is 0 Å². The molecule has 0 spiro atoms. The Bertz CT molecular complexity index is 541. The third-order valence-electron chi connectivity index (χ3n) is 2.00. The molecule has 0 bridgehead atoms. The quantitative estimate of drug-likeness (QED) is 0.565. The van der Waals surface area contributed by atoms with Gasteiger partial charge in [-0.2, -0.15) is 0 Å². The molecule has 2 rings (SSSR count). The third-order valence-corrected chi connectivity index (χ3v) is 2.22. The summed E-state index contributed by atoms with van der Waals surface area (Å²) >= 11 is 5.68. The van der Waals surface area contributed by atoms with Crippen molar-refractivity contribution in [2.24, 2.45) is 5.84 Å². The molecule has 0 saturated carbocycles. The van der Waals surface area contributed by atoms with Gasteiger partial charge in [0.05, 0.1) is 17.4 Å². The molecule has 8 heteroatoms. The number of pyridine rings is 1. The molecule has 92 valence electrons. The maximum Gasteiger partial charge on any atom is 0.277 e. The van der Waals surface area contributed by atoms with Crippen LogP contribution in [-0.2, 0) is 0 Å². The molecule has 0 aliphatic heterocycles. The van der Waals surface area contributed by atoms with Crippen LogP contribution in [0, 0.1) is 0 Å². The summed E-state index contributed by atoms with van der Waals surface area (Å²) in [7, 11) is 0. The second-order valence-electron chi connectivity index (χ2n) is 3.25. The lowest BCUT2D eigenvalue weighted by atomic mass is 10.4. The van der Waals surface area contributed by atoms with Crippen LogP contribution in [0.25, 0.3) is 0 Å². The Labute approximate surface area is 107 Å². The summed E-state index contributed by atoms with van der Waals surface area (Å²) in [6.07, 6.45) is 4.09. The fraction of sp³-hybridized carbons (Fsp3) is 0. The molecule has 0 saturated heterocycles. The number of amides is 1. The van der Waals surface area contributed by atoms with E-state index >= 15 is 0 Å². The molecule has 0 atom stereocenters. The van der Waals surface area contributed by atoms with Gasteiger partial charge in [-0.1, -0.05) is 11.6 Å². The van der Waals surface area contributed by atoms with Crippen LogP contribution < -0.4 is 16.6 Å². The summed E-state index contributed by atoms with van der Waals surface area (Å²) in [4.78, 5) is 23.5. The van der Waals surface area contributed by atoms with Crippen molar-refractivity contribution in [2.45, 2.75) is 0 Å². The lowest BCUT2D eigenvalue weighted by molar-refractivity contribution is 0.102. The Kier molecular flexibility index (Phi) is 3.66. The number of halogens is 1. The number of hydrogen-bond acceptors (Lipinski definition) is 6. The van der Waals surface area contributed by atoms with Crippen molar-refractivity contribution in [1.29, 1.82) is 0 Å². The summed E-state index contributed by atoms with van der Waals surface area (Å²) in [6.45, 7) is 0. The van der Waals surface area contributed by atoms with Gasteiger partial charge in [0, 0.05) is 6.20 Å². The van der Waals surface area contributed by atoms with Gasteiger partial charge in [-0.05, 0) is 12.1 Å². The molecule has 1 amide bonds. The lowest BCUT2D eigenvalue weighted by Crippen LogP contribution is -2.16. The van der Waals surface area contributed by atoms with Crippen molar-refractivity contribution in [3.8, 4) is 0 Å². The van der Waals surface area contributed by atoms with Crippen LogP contribution in [0.4, 0.5) is 11.6 Å². The van der Waals surface area contributed by atoms with E-state index in [2.05, 4.69) is 25.7 Å². The Morgan fingerprint density at radius 1 is 1.11 bits per heavy atom. The molecule has 2 heterocycles. The van der Waals surface area contributed by atoms with Crippen molar-refractivity contribution in [1.82, 2.24) is 15.0 Å². The number of hydrogen-bond donors (Lipinski definition) is 3. The first-order chi connectivity index (χ1) is 8.69. The van der Waals surface area contributed by atoms with Gasteiger partial charge in [-0.15, -0.1) is 0 Å². The fourth-order valence-corrected chi connectivity index (χ4v) is 1.26. The molecule has 4 N–H and O–H groups in total. The van der Waals surface area contributed by atoms with E-state index < -0.39 is 5.91 Å². The van der Waals surface area contributed by atoms with E-state index in [4.69, 9.17) is 17.4 Å². The number of carbonyl (C=O) groups is 1. The number of nitrogens with one attached hydrogen (secondary N) is 2. The third kappa shape index (κ3) is 2.90. The van der Waals surface area contributed by atoms with Gasteiger partial charge in [0.2, 0.25) is 0 Å². The Morgan fingerprint density at radius 2 is 1.89 bits per heavy atom. The predicted molar refractivity (Wildman–Crippen MR) is 67.0 cm³/mol. The molecule has 0 radical (unpaired) electrons. The highest BCUT2D eigenvalue weighted by atomic mass is 35.5. The van der Waals surface area contributed by atoms with Gasteiger partial charge in [0.15, 0.2) is 5.82 Å². The number of hydrazine groups is 1. The zero-order valence-corrected chi connectivity index (χ0v) is 9.85. The second kappa shape index (κ2) is 5.39. The zero-order valence-electron chi connectivity index (χ0n) is 9.09. The van der Waals surface area contributed by atoms with Gasteiger partial charge >= 0.3 is 0 Å². The van der Waals surface area contributed by atoms with Crippen LogP contribution in [0.3, 0.4) is 0 Å². The first-order valence-corrected chi connectivity index (χ1v) is 5.28. The van der Waals surface area contributed by atoms with E-state index in [1.807, 2.05) is 0 Å². The first kappa shape index (κ1) is 12.2. The number of nitrogen functional groups attached to an aromatic ring is 1. The number of carbonyl (C=O) groups excluding carboxylic acids is 1. The number of anilines is 2. The van der Waals surface area contributed by atoms with Crippen LogP contribution in [0.2, 0.25) is 5.02 Å². The Balaban J connectivity index is 2.09. The molecular weight excluding hydrogens is 256 g/mol. The van der Waals surface area contributed by atoms with Crippen molar-refractivity contribution >= 4 is 29.1 Å². The molecule has 0 unspecified atom stereocenters. The smallest absolute Gasteiger partial charge is 0.277 e. The summed E-state index contributed by atoms with van der Waals surface area (Å²) in [5.74, 6) is 5.48. The van der Waals surface area contributed by atoms with E-state index in [1.54, 1.807) is 12.1 Å². The normalized spacial score (nSPS) is 9.89. The van der Waals surface area contributed by atoms with Gasteiger partial charge in [0.25, 0.3) is 5.91 Å². The molecule has 2 aromatic rings. The molecule has 0 fully saturated rings. The van der Waals surface area contributed by atoms with E-state index in [1.165, 1.54) is 18.6 Å². The maximum absolute atomic E-state index is 11.8. The standard InChI is InChI=1S/C10H9ClN6O/c11-6-1-2-8(14-3-6)16-10(18)7-4-15-9(17-12)5-13-7/h1-5H,12H2,(H,15,17)(H,14,16,18). The molecular formula is C10H9ClN6O. The minimum absolute atomic E-state index is 0.158. The molecule has 18 heavy (non-hydrogen) atoms. The lowest BCUT2D eigenvalue weighted by Gasteiger charge is -2.04. The van der Waals surface area contributed by atoms with E-state index in [0.29, 0.717) is 16.7 Å². The van der Waals surface area contributed by atoms with Crippen molar-refractivity contribution in [3.05, 3.63) is 41.4 Å². The van der Waals surface area contributed by atoms with Gasteiger partial charge in [-0.25, -0.2) is 20.8 Å². The molecule has 0 aliphatic carbocycles. The van der Waals surface area contributed by atoms with Crippen molar-refractivity contribution < 1.29 is 4.79 Å². The SMILES string of the molecule is NNc1cnc(C(=O)Nc2ccc(Cl)cn2)cn1. The zero-order chi connectivity index (χ0) is 13.0. The summed E-state index contributed by atoms with van der Waals surface area (Å²) in [5.41, 5.74) is 2.47. The van der Waals surface area contributed by atoms with Gasteiger partial charge in [-0.3, -0.25) is 4.79 Å². The average Bonchev–Trinajstić information content (AvgIpc) is 2.41. The monoisotopic (exact) mass is 264 g/mol. The van der Waals surface area contributed by atoms with Crippen LogP contribution in [0.5, 0.6) is 0 Å². The minimum Gasteiger partial charge on any atom is -0.307 e. The van der Waals surface area contributed by atoms with Crippen LogP contribution in [-0.4, -0.2) is 20.9 Å². The van der Waals surface area contributed by atoms with Crippen LogP contribution in [0.15, 0.2) is 30.7 Å². The number of nitrogens with zero attached hydrogens (tertiary/aromatic N) is 3. The number of aromatic nitrogens is 3. The van der Waals surface area contributed by atoms with Gasteiger partial charge < -0.3 is 10.7 Å². The number of nitrogens with two attached hydrogens (primary N) is 1. The van der Waals surface area contributed by atoms with E-state index in [0.717, 1.165) is 0 Å². The molecule has 7 nitrogen and oxygen atoms in total.